The Bertz CT molecular complexity index is 476. The van der Waals surface area contributed by atoms with Gasteiger partial charge in [-0.25, -0.2) is 0 Å². The summed E-state index contributed by atoms with van der Waals surface area (Å²) in [7, 11) is 0. The fourth-order valence-corrected chi connectivity index (χ4v) is 1.64. The topological polar surface area (TPSA) is 102 Å². The highest BCUT2D eigenvalue weighted by Gasteiger charge is 2.30. The molecule has 0 fully saturated rings. The number of nitrogens with two attached hydrogens (primary N) is 1. The summed E-state index contributed by atoms with van der Waals surface area (Å²) in [5, 5.41) is 18.5. The summed E-state index contributed by atoms with van der Waals surface area (Å²) in [5.74, 6) is -4.40. The maximum absolute atomic E-state index is 13.6. The Balaban J connectivity index is 2.55. The molecule has 0 spiro atoms. The summed E-state index contributed by atoms with van der Waals surface area (Å²) >= 11 is 0. The van der Waals surface area contributed by atoms with E-state index in [2.05, 4.69) is 0 Å². The molecule has 2 rings (SSSR count). The first-order valence-electron chi connectivity index (χ1n) is 4.80. The van der Waals surface area contributed by atoms with E-state index >= 15 is 0 Å². The van der Waals surface area contributed by atoms with Crippen LogP contribution in [0.25, 0.3) is 0 Å². The Morgan fingerprint density at radius 2 is 2.29 bits per heavy atom. The summed E-state index contributed by atoms with van der Waals surface area (Å²) in [5.41, 5.74) is 5.16. The number of ether oxygens (including phenoxy) is 2. The molecule has 17 heavy (non-hydrogen) atoms. The molecule has 7 heteroatoms. The molecular formula is C10H10FNO5. The van der Waals surface area contributed by atoms with Gasteiger partial charge in [0, 0.05) is 12.1 Å². The van der Waals surface area contributed by atoms with Gasteiger partial charge in [0.2, 0.25) is 18.4 Å². The van der Waals surface area contributed by atoms with Crippen LogP contribution < -0.4 is 15.2 Å². The van der Waals surface area contributed by atoms with Crippen LogP contribution in [0.1, 0.15) is 11.5 Å². The van der Waals surface area contributed by atoms with Gasteiger partial charge in [0.05, 0.1) is 5.92 Å². The van der Waals surface area contributed by atoms with Crippen LogP contribution in [-0.2, 0) is 4.79 Å². The molecule has 0 saturated heterocycles. The SMILES string of the molecule is NCC(C(=O)O)c1cc2c(c(F)c1O)OCO2. The Labute approximate surface area is 95.4 Å². The van der Waals surface area contributed by atoms with E-state index in [1.807, 2.05) is 0 Å². The molecule has 1 aliphatic heterocycles. The zero-order valence-corrected chi connectivity index (χ0v) is 8.64. The summed E-state index contributed by atoms with van der Waals surface area (Å²) in [6.45, 7) is -0.433. The second-order valence-corrected chi connectivity index (χ2v) is 3.49. The number of halogens is 1. The zero-order chi connectivity index (χ0) is 12.6. The molecule has 92 valence electrons. The van der Waals surface area contributed by atoms with Crippen molar-refractivity contribution < 1.29 is 28.9 Å². The standard InChI is InChI=1S/C10H10FNO5/c11-7-8(13)4(5(2-12)10(14)15)1-6-9(7)17-3-16-6/h1,5,13H,2-3,12H2,(H,14,15). The Morgan fingerprint density at radius 1 is 1.59 bits per heavy atom. The molecule has 1 atom stereocenters. The van der Waals surface area contributed by atoms with Crippen molar-refractivity contribution in [3.8, 4) is 17.2 Å². The summed E-state index contributed by atoms with van der Waals surface area (Å²) < 4.78 is 23.4. The number of aliphatic carboxylic acids is 1. The van der Waals surface area contributed by atoms with Crippen LogP contribution in [0.4, 0.5) is 4.39 Å². The average molecular weight is 243 g/mol. The van der Waals surface area contributed by atoms with Gasteiger partial charge >= 0.3 is 5.97 Å². The lowest BCUT2D eigenvalue weighted by Gasteiger charge is -2.13. The number of carbonyl (C=O) groups is 1. The van der Waals surface area contributed by atoms with E-state index in [1.54, 1.807) is 0 Å². The minimum Gasteiger partial charge on any atom is -0.505 e. The van der Waals surface area contributed by atoms with E-state index in [0.717, 1.165) is 0 Å². The average Bonchev–Trinajstić information content (AvgIpc) is 2.73. The maximum Gasteiger partial charge on any atom is 0.312 e. The normalized spacial score (nSPS) is 14.7. The van der Waals surface area contributed by atoms with Gasteiger partial charge in [-0.15, -0.1) is 0 Å². The van der Waals surface area contributed by atoms with Crippen molar-refractivity contribution in [1.29, 1.82) is 0 Å². The van der Waals surface area contributed by atoms with Crippen LogP contribution >= 0.6 is 0 Å². The number of phenols is 1. The van der Waals surface area contributed by atoms with Crippen molar-refractivity contribution in [2.45, 2.75) is 5.92 Å². The minimum absolute atomic E-state index is 0.0648. The minimum atomic E-state index is -1.25. The van der Waals surface area contributed by atoms with Crippen molar-refractivity contribution in [1.82, 2.24) is 0 Å². The molecule has 1 aromatic carbocycles. The van der Waals surface area contributed by atoms with E-state index in [9.17, 15) is 14.3 Å². The zero-order valence-electron chi connectivity index (χ0n) is 8.64. The first kappa shape index (κ1) is 11.5. The largest absolute Gasteiger partial charge is 0.505 e. The second-order valence-electron chi connectivity index (χ2n) is 3.49. The van der Waals surface area contributed by atoms with Crippen LogP contribution in [0, 0.1) is 5.82 Å². The fraction of sp³-hybridized carbons (Fsp3) is 0.300. The number of carboxylic acid groups (broad SMARTS) is 1. The number of benzene rings is 1. The van der Waals surface area contributed by atoms with Crippen molar-refractivity contribution in [2.75, 3.05) is 13.3 Å². The molecule has 0 amide bonds. The number of carboxylic acids is 1. The van der Waals surface area contributed by atoms with E-state index in [-0.39, 0.29) is 30.4 Å². The molecule has 0 radical (unpaired) electrons. The van der Waals surface area contributed by atoms with Gasteiger partial charge in [-0.3, -0.25) is 4.79 Å². The van der Waals surface area contributed by atoms with Gasteiger partial charge < -0.3 is 25.4 Å². The molecule has 0 aliphatic carbocycles. The van der Waals surface area contributed by atoms with Crippen molar-refractivity contribution in [3.05, 3.63) is 17.4 Å². The lowest BCUT2D eigenvalue weighted by Crippen LogP contribution is -2.21. The number of hydrogen-bond donors (Lipinski definition) is 3. The number of fused-ring (bicyclic) bond motifs is 1. The molecule has 0 aromatic heterocycles. The molecule has 0 bridgehead atoms. The predicted molar refractivity (Wildman–Crippen MR) is 53.6 cm³/mol. The molecular weight excluding hydrogens is 233 g/mol. The smallest absolute Gasteiger partial charge is 0.312 e. The number of phenolic OH excluding ortho intramolecular Hbond substituents is 1. The molecule has 1 unspecified atom stereocenters. The summed E-state index contributed by atoms with van der Waals surface area (Å²) in [6.07, 6.45) is 0. The van der Waals surface area contributed by atoms with Crippen LogP contribution in [0.5, 0.6) is 17.2 Å². The molecule has 1 aromatic rings. The summed E-state index contributed by atoms with van der Waals surface area (Å²) in [4.78, 5) is 10.9. The number of rotatable bonds is 3. The van der Waals surface area contributed by atoms with E-state index in [1.165, 1.54) is 6.07 Å². The fourth-order valence-electron chi connectivity index (χ4n) is 1.64. The third-order valence-corrected chi connectivity index (χ3v) is 2.52. The highest BCUT2D eigenvalue weighted by atomic mass is 19.1. The molecule has 6 nitrogen and oxygen atoms in total. The molecule has 1 aliphatic rings. The summed E-state index contributed by atoms with van der Waals surface area (Å²) in [6, 6.07) is 1.23. The Kier molecular flexibility index (Phi) is 2.76. The lowest BCUT2D eigenvalue weighted by atomic mass is 9.97. The van der Waals surface area contributed by atoms with E-state index in [0.29, 0.717) is 0 Å². The van der Waals surface area contributed by atoms with Gasteiger partial charge in [-0.2, -0.15) is 4.39 Å². The van der Waals surface area contributed by atoms with Gasteiger partial charge in [0.1, 0.15) is 0 Å². The lowest BCUT2D eigenvalue weighted by molar-refractivity contribution is -0.138. The van der Waals surface area contributed by atoms with Crippen LogP contribution in [0.15, 0.2) is 6.07 Å². The van der Waals surface area contributed by atoms with Gasteiger partial charge in [0.15, 0.2) is 11.5 Å². The van der Waals surface area contributed by atoms with Crippen LogP contribution in [0.3, 0.4) is 0 Å². The van der Waals surface area contributed by atoms with Crippen molar-refractivity contribution >= 4 is 5.97 Å². The molecule has 4 N–H and O–H groups in total. The van der Waals surface area contributed by atoms with E-state index < -0.39 is 23.5 Å². The Morgan fingerprint density at radius 3 is 2.88 bits per heavy atom. The van der Waals surface area contributed by atoms with Crippen molar-refractivity contribution in [3.63, 3.8) is 0 Å². The van der Waals surface area contributed by atoms with Crippen LogP contribution in [0.2, 0.25) is 0 Å². The van der Waals surface area contributed by atoms with Crippen molar-refractivity contribution in [2.24, 2.45) is 5.73 Å². The van der Waals surface area contributed by atoms with Crippen LogP contribution in [-0.4, -0.2) is 29.5 Å². The molecule has 0 saturated carbocycles. The predicted octanol–water partition coefficient (Wildman–Crippen LogP) is 0.387. The third kappa shape index (κ3) is 1.74. The quantitative estimate of drug-likeness (QED) is 0.709. The van der Waals surface area contributed by atoms with E-state index in [4.69, 9.17) is 20.3 Å². The molecule has 1 heterocycles. The monoisotopic (exact) mass is 243 g/mol. The number of hydrogen-bond acceptors (Lipinski definition) is 5. The Hall–Kier alpha value is -2.02. The number of aromatic hydroxyl groups is 1. The van der Waals surface area contributed by atoms with Gasteiger partial charge in [-0.1, -0.05) is 0 Å². The van der Waals surface area contributed by atoms with Gasteiger partial charge in [0.25, 0.3) is 0 Å². The third-order valence-electron chi connectivity index (χ3n) is 2.52. The van der Waals surface area contributed by atoms with Gasteiger partial charge in [-0.05, 0) is 6.07 Å². The second kappa shape index (κ2) is 4.10. The highest BCUT2D eigenvalue weighted by Crippen LogP contribution is 2.43. The first-order valence-corrected chi connectivity index (χ1v) is 4.80. The highest BCUT2D eigenvalue weighted by molar-refractivity contribution is 5.78. The maximum atomic E-state index is 13.6. The first-order chi connectivity index (χ1) is 8.06.